The van der Waals surface area contributed by atoms with Gasteiger partial charge in [0.15, 0.2) is 5.57 Å². The Morgan fingerprint density at radius 1 is 1.14 bits per heavy atom. The second kappa shape index (κ2) is 7.92. The maximum Gasteiger partial charge on any atom is 0.408 e. The van der Waals surface area contributed by atoms with E-state index in [0.29, 0.717) is 0 Å². The summed E-state index contributed by atoms with van der Waals surface area (Å²) in [6, 6.07) is 7.85. The molecule has 1 aliphatic rings. The highest BCUT2D eigenvalue weighted by Crippen LogP contribution is 2.26. The van der Waals surface area contributed by atoms with Gasteiger partial charge in [0.05, 0.1) is 6.04 Å². The summed E-state index contributed by atoms with van der Waals surface area (Å²) in [5, 5.41) is 13.2. The molecular formula is C20H25NO7. The van der Waals surface area contributed by atoms with Gasteiger partial charge < -0.3 is 24.6 Å². The van der Waals surface area contributed by atoms with Crippen molar-refractivity contribution in [2.45, 2.75) is 58.5 Å². The maximum absolute atomic E-state index is 12.2. The van der Waals surface area contributed by atoms with Crippen molar-refractivity contribution in [2.75, 3.05) is 0 Å². The summed E-state index contributed by atoms with van der Waals surface area (Å²) in [6.07, 6.45) is -0.697. The Hall–Kier alpha value is -3.03. The third-order valence-corrected chi connectivity index (χ3v) is 3.65. The Morgan fingerprint density at radius 3 is 2.18 bits per heavy atom. The number of amides is 1. The number of alkyl carbamates (subject to hydrolysis) is 1. The van der Waals surface area contributed by atoms with Gasteiger partial charge in [-0.3, -0.25) is 0 Å². The lowest BCUT2D eigenvalue weighted by molar-refractivity contribution is -0.222. The first kappa shape index (κ1) is 21.3. The molecule has 1 unspecified atom stereocenters. The van der Waals surface area contributed by atoms with E-state index in [4.69, 9.17) is 14.2 Å². The number of benzene rings is 1. The number of ether oxygens (including phenoxy) is 3. The molecule has 0 spiro atoms. The Labute approximate surface area is 163 Å². The summed E-state index contributed by atoms with van der Waals surface area (Å²) in [6.45, 7) is 7.87. The van der Waals surface area contributed by atoms with Gasteiger partial charge in [0.25, 0.3) is 5.79 Å². The van der Waals surface area contributed by atoms with Crippen molar-refractivity contribution >= 4 is 18.0 Å². The molecule has 2 rings (SSSR count). The Balaban J connectivity index is 2.35. The summed E-state index contributed by atoms with van der Waals surface area (Å²) in [4.78, 5) is 36.7. The summed E-state index contributed by atoms with van der Waals surface area (Å²) < 4.78 is 15.3. The topological polar surface area (TPSA) is 111 Å². The molecule has 1 fully saturated rings. The maximum atomic E-state index is 12.2. The fourth-order valence-electron chi connectivity index (χ4n) is 2.55. The number of rotatable bonds is 4. The van der Waals surface area contributed by atoms with Crippen LogP contribution < -0.4 is 5.32 Å². The van der Waals surface area contributed by atoms with Crippen molar-refractivity contribution < 1.29 is 33.7 Å². The molecule has 8 nitrogen and oxygen atoms in total. The van der Waals surface area contributed by atoms with Gasteiger partial charge in [-0.05, 0) is 26.3 Å². The normalized spacial score (nSPS) is 17.2. The van der Waals surface area contributed by atoms with Crippen LogP contribution in [-0.2, 0) is 30.2 Å². The number of hydrogen-bond donors (Lipinski definition) is 2. The largest absolute Gasteiger partial charge is 0.509 e. The lowest BCUT2D eigenvalue weighted by Gasteiger charge is -2.31. The van der Waals surface area contributed by atoms with Crippen LogP contribution in [0.4, 0.5) is 4.79 Å². The van der Waals surface area contributed by atoms with Gasteiger partial charge in [-0.25, -0.2) is 14.4 Å². The fraction of sp³-hybridized carbons (Fsp3) is 0.450. The van der Waals surface area contributed by atoms with Gasteiger partial charge in [0.1, 0.15) is 11.4 Å². The summed E-state index contributed by atoms with van der Waals surface area (Å²) in [5.74, 6) is -4.14. The first-order valence-corrected chi connectivity index (χ1v) is 8.81. The van der Waals surface area contributed by atoms with E-state index in [1.54, 1.807) is 45.0 Å². The monoisotopic (exact) mass is 391 g/mol. The molecule has 0 radical (unpaired) electrons. The van der Waals surface area contributed by atoms with Gasteiger partial charge in [-0.1, -0.05) is 30.3 Å². The molecule has 2 N–H and O–H groups in total. The van der Waals surface area contributed by atoms with Crippen molar-refractivity contribution in [3.63, 3.8) is 0 Å². The third-order valence-electron chi connectivity index (χ3n) is 3.65. The van der Waals surface area contributed by atoms with Crippen molar-refractivity contribution in [3.05, 3.63) is 47.2 Å². The molecule has 1 aromatic rings. The smallest absolute Gasteiger partial charge is 0.408 e. The molecule has 0 aromatic heterocycles. The number of aliphatic hydroxyl groups excluding tert-OH is 1. The molecule has 1 amide bonds. The zero-order valence-electron chi connectivity index (χ0n) is 16.6. The molecule has 1 aliphatic heterocycles. The molecule has 1 saturated heterocycles. The molecule has 0 bridgehead atoms. The van der Waals surface area contributed by atoms with E-state index in [9.17, 15) is 19.5 Å². The van der Waals surface area contributed by atoms with E-state index in [1.807, 2.05) is 6.07 Å². The van der Waals surface area contributed by atoms with E-state index in [1.165, 1.54) is 13.8 Å². The van der Waals surface area contributed by atoms with Crippen LogP contribution in [0.25, 0.3) is 0 Å². The standard InChI is InChI=1S/C20H25NO7/c1-19(2,3)28-18(25)21-13(11-12-9-7-6-8-10-12)15(22)14-16(23)26-20(4,5)27-17(14)24/h6-10,13,22H,11H2,1-5H3,(H,21,25). The predicted molar refractivity (Wildman–Crippen MR) is 99.2 cm³/mol. The molecule has 1 atom stereocenters. The van der Waals surface area contributed by atoms with Gasteiger partial charge in [-0.15, -0.1) is 0 Å². The van der Waals surface area contributed by atoms with E-state index in [0.717, 1.165) is 5.56 Å². The highest BCUT2D eigenvalue weighted by atomic mass is 16.7. The van der Waals surface area contributed by atoms with Crippen LogP contribution in [0.3, 0.4) is 0 Å². The molecule has 28 heavy (non-hydrogen) atoms. The van der Waals surface area contributed by atoms with Crippen LogP contribution in [0.1, 0.15) is 40.2 Å². The zero-order valence-corrected chi connectivity index (χ0v) is 16.6. The van der Waals surface area contributed by atoms with Crippen LogP contribution >= 0.6 is 0 Å². The minimum atomic E-state index is -1.44. The molecule has 0 aliphatic carbocycles. The Morgan fingerprint density at radius 2 is 1.68 bits per heavy atom. The fourth-order valence-corrected chi connectivity index (χ4v) is 2.55. The molecule has 0 saturated carbocycles. The number of cyclic esters (lactones) is 2. The number of carbonyl (C=O) groups excluding carboxylic acids is 3. The van der Waals surface area contributed by atoms with Gasteiger partial charge in [0, 0.05) is 20.3 Å². The molecule has 8 heteroatoms. The molecule has 152 valence electrons. The highest BCUT2D eigenvalue weighted by Gasteiger charge is 2.42. The van der Waals surface area contributed by atoms with Crippen LogP contribution in [-0.4, -0.2) is 40.6 Å². The SMILES string of the molecule is CC(C)(C)OC(=O)NC(Cc1ccccc1)C(O)=C1C(=O)OC(C)(C)OC1=O. The van der Waals surface area contributed by atoms with Gasteiger partial charge >= 0.3 is 18.0 Å². The minimum Gasteiger partial charge on any atom is -0.509 e. The second-order valence-corrected chi connectivity index (χ2v) is 7.83. The molecule has 1 aromatic carbocycles. The number of nitrogens with one attached hydrogen (secondary N) is 1. The van der Waals surface area contributed by atoms with Crippen LogP contribution in [0.2, 0.25) is 0 Å². The lowest BCUT2D eigenvalue weighted by Crippen LogP contribution is -2.46. The summed E-state index contributed by atoms with van der Waals surface area (Å²) >= 11 is 0. The third kappa shape index (κ3) is 5.73. The average molecular weight is 391 g/mol. The summed E-state index contributed by atoms with van der Waals surface area (Å²) in [5.41, 5.74) is -0.665. The lowest BCUT2D eigenvalue weighted by atomic mass is 10.0. The quantitative estimate of drug-likeness (QED) is 0.351. The number of carbonyl (C=O) groups is 3. The van der Waals surface area contributed by atoms with Crippen LogP contribution in [0.15, 0.2) is 41.7 Å². The first-order valence-electron chi connectivity index (χ1n) is 8.81. The van der Waals surface area contributed by atoms with Crippen molar-refractivity contribution in [2.24, 2.45) is 0 Å². The minimum absolute atomic E-state index is 0.110. The van der Waals surface area contributed by atoms with Crippen LogP contribution in [0.5, 0.6) is 0 Å². The number of aliphatic hydroxyl groups is 1. The van der Waals surface area contributed by atoms with Crippen molar-refractivity contribution in [3.8, 4) is 0 Å². The molecule has 1 heterocycles. The van der Waals surface area contributed by atoms with Gasteiger partial charge in [-0.2, -0.15) is 0 Å². The highest BCUT2D eigenvalue weighted by molar-refractivity contribution is 6.15. The van der Waals surface area contributed by atoms with Gasteiger partial charge in [0.2, 0.25) is 0 Å². The second-order valence-electron chi connectivity index (χ2n) is 7.83. The van der Waals surface area contributed by atoms with E-state index >= 15 is 0 Å². The van der Waals surface area contributed by atoms with E-state index in [-0.39, 0.29) is 6.42 Å². The summed E-state index contributed by atoms with van der Waals surface area (Å²) in [7, 11) is 0. The average Bonchev–Trinajstić information content (AvgIpc) is 2.51. The molecular weight excluding hydrogens is 366 g/mol. The van der Waals surface area contributed by atoms with Crippen molar-refractivity contribution in [1.82, 2.24) is 5.32 Å². The van der Waals surface area contributed by atoms with Crippen LogP contribution in [0, 0.1) is 0 Å². The van der Waals surface area contributed by atoms with Crippen molar-refractivity contribution in [1.29, 1.82) is 0 Å². The Kier molecular flexibility index (Phi) is 6.01. The zero-order chi connectivity index (χ0) is 21.1. The first-order chi connectivity index (χ1) is 12.9. The predicted octanol–water partition coefficient (Wildman–Crippen LogP) is 2.77. The Bertz CT molecular complexity index is 769. The number of esters is 2. The van der Waals surface area contributed by atoms with E-state index < -0.39 is 46.8 Å². The van der Waals surface area contributed by atoms with E-state index in [2.05, 4.69) is 5.32 Å². The number of hydrogen-bond acceptors (Lipinski definition) is 7.